The van der Waals surface area contributed by atoms with Gasteiger partial charge in [-0.15, -0.1) is 0 Å². The Morgan fingerprint density at radius 2 is 1.84 bits per heavy atom. The molecule has 1 aromatic carbocycles. The molecule has 2 heteroatoms. The van der Waals surface area contributed by atoms with Crippen LogP contribution in [0.25, 0.3) is 0 Å². The standard InChI is InChI=1S/C17H27NO/c1-12-9-13(2)14(3)17(10-12)19-11-16(18)15-7-5-4-6-8-15/h9-10,15-16H,4-8,11,18H2,1-3H3. The molecule has 0 spiro atoms. The minimum Gasteiger partial charge on any atom is -0.492 e. The van der Waals surface area contributed by atoms with Crippen molar-refractivity contribution in [1.29, 1.82) is 0 Å². The molecule has 0 aromatic heterocycles. The van der Waals surface area contributed by atoms with Crippen LogP contribution in [0.2, 0.25) is 0 Å². The van der Waals surface area contributed by atoms with Crippen LogP contribution < -0.4 is 10.5 Å². The Labute approximate surface area is 117 Å². The lowest BCUT2D eigenvalue weighted by molar-refractivity contribution is 0.213. The van der Waals surface area contributed by atoms with Crippen molar-refractivity contribution in [3.63, 3.8) is 0 Å². The van der Waals surface area contributed by atoms with Crippen LogP contribution in [-0.4, -0.2) is 12.6 Å². The van der Waals surface area contributed by atoms with E-state index in [0.717, 1.165) is 5.75 Å². The molecule has 1 fully saturated rings. The van der Waals surface area contributed by atoms with Crippen LogP contribution in [0.3, 0.4) is 0 Å². The van der Waals surface area contributed by atoms with E-state index in [1.165, 1.54) is 48.8 Å². The molecule has 0 bridgehead atoms. The molecule has 0 heterocycles. The maximum absolute atomic E-state index is 6.30. The highest BCUT2D eigenvalue weighted by Crippen LogP contribution is 2.27. The largest absolute Gasteiger partial charge is 0.492 e. The molecule has 2 nitrogen and oxygen atoms in total. The summed E-state index contributed by atoms with van der Waals surface area (Å²) in [6, 6.07) is 4.50. The summed E-state index contributed by atoms with van der Waals surface area (Å²) in [7, 11) is 0. The molecule has 106 valence electrons. The normalized spacial score (nSPS) is 18.3. The van der Waals surface area contributed by atoms with Crippen LogP contribution in [0.4, 0.5) is 0 Å². The molecule has 1 saturated carbocycles. The average molecular weight is 261 g/mol. The lowest BCUT2D eigenvalue weighted by Crippen LogP contribution is -2.37. The Balaban J connectivity index is 1.94. The first-order chi connectivity index (χ1) is 9.08. The predicted octanol–water partition coefficient (Wildman–Crippen LogP) is 3.90. The number of hydrogen-bond acceptors (Lipinski definition) is 2. The summed E-state index contributed by atoms with van der Waals surface area (Å²) in [5.74, 6) is 1.66. The lowest BCUT2D eigenvalue weighted by Gasteiger charge is -2.27. The van der Waals surface area contributed by atoms with Crippen LogP contribution in [0, 0.1) is 26.7 Å². The monoisotopic (exact) mass is 261 g/mol. The molecule has 0 saturated heterocycles. The van der Waals surface area contributed by atoms with Crippen LogP contribution in [-0.2, 0) is 0 Å². The second-order valence-electron chi connectivity index (χ2n) is 6.08. The first kappa shape index (κ1) is 14.4. The van der Waals surface area contributed by atoms with Crippen LogP contribution >= 0.6 is 0 Å². The second kappa shape index (κ2) is 6.42. The molecule has 0 amide bonds. The fourth-order valence-corrected chi connectivity index (χ4v) is 3.04. The van der Waals surface area contributed by atoms with Crippen molar-refractivity contribution in [2.75, 3.05) is 6.61 Å². The van der Waals surface area contributed by atoms with E-state index in [1.807, 2.05) is 0 Å². The molecule has 1 aliphatic rings. The molecule has 1 unspecified atom stereocenters. The first-order valence-electron chi connectivity index (χ1n) is 7.54. The topological polar surface area (TPSA) is 35.2 Å². The fraction of sp³-hybridized carbons (Fsp3) is 0.647. The maximum Gasteiger partial charge on any atom is 0.122 e. The molecule has 0 radical (unpaired) electrons. The summed E-state index contributed by atoms with van der Waals surface area (Å²) in [6.07, 6.45) is 6.59. The number of nitrogens with two attached hydrogens (primary N) is 1. The van der Waals surface area contributed by atoms with Gasteiger partial charge >= 0.3 is 0 Å². The molecule has 19 heavy (non-hydrogen) atoms. The van der Waals surface area contributed by atoms with Gasteiger partial charge in [-0.25, -0.2) is 0 Å². The quantitative estimate of drug-likeness (QED) is 0.892. The summed E-state index contributed by atoms with van der Waals surface area (Å²) in [4.78, 5) is 0. The van der Waals surface area contributed by atoms with Gasteiger partial charge in [-0.05, 0) is 62.3 Å². The van der Waals surface area contributed by atoms with Crippen LogP contribution in [0.1, 0.15) is 48.8 Å². The van der Waals surface area contributed by atoms with Gasteiger partial charge in [-0.1, -0.05) is 25.3 Å². The summed E-state index contributed by atoms with van der Waals surface area (Å²) < 4.78 is 5.99. The van der Waals surface area contributed by atoms with E-state index >= 15 is 0 Å². The first-order valence-corrected chi connectivity index (χ1v) is 7.54. The van der Waals surface area contributed by atoms with Gasteiger partial charge in [0.15, 0.2) is 0 Å². The number of benzene rings is 1. The van der Waals surface area contributed by atoms with Gasteiger partial charge in [-0.2, -0.15) is 0 Å². The average Bonchev–Trinajstić information content (AvgIpc) is 2.41. The molecule has 2 N–H and O–H groups in total. The minimum absolute atomic E-state index is 0.181. The number of ether oxygens (including phenoxy) is 1. The zero-order valence-corrected chi connectivity index (χ0v) is 12.5. The second-order valence-corrected chi connectivity index (χ2v) is 6.08. The Kier molecular flexibility index (Phi) is 4.87. The van der Waals surface area contributed by atoms with Gasteiger partial charge < -0.3 is 10.5 Å². The van der Waals surface area contributed by atoms with Crippen molar-refractivity contribution in [3.8, 4) is 5.75 Å². The van der Waals surface area contributed by atoms with Crippen molar-refractivity contribution in [1.82, 2.24) is 0 Å². The van der Waals surface area contributed by atoms with E-state index in [2.05, 4.69) is 32.9 Å². The van der Waals surface area contributed by atoms with Crippen LogP contribution in [0.15, 0.2) is 12.1 Å². The van der Waals surface area contributed by atoms with Gasteiger partial charge in [-0.3, -0.25) is 0 Å². The summed E-state index contributed by atoms with van der Waals surface area (Å²) in [6.45, 7) is 7.02. The Bertz CT molecular complexity index is 422. The van der Waals surface area contributed by atoms with E-state index in [-0.39, 0.29) is 6.04 Å². The third-order valence-electron chi connectivity index (χ3n) is 4.45. The zero-order valence-electron chi connectivity index (χ0n) is 12.5. The highest BCUT2D eigenvalue weighted by molar-refractivity contribution is 5.41. The number of hydrogen-bond donors (Lipinski definition) is 1. The molecular formula is C17H27NO. The van der Waals surface area contributed by atoms with Gasteiger partial charge in [0, 0.05) is 6.04 Å². The Morgan fingerprint density at radius 3 is 2.53 bits per heavy atom. The molecule has 1 atom stereocenters. The summed E-state index contributed by atoms with van der Waals surface area (Å²) in [5, 5.41) is 0. The SMILES string of the molecule is Cc1cc(C)c(C)c(OCC(N)C2CCCCC2)c1. The summed E-state index contributed by atoms with van der Waals surface area (Å²) >= 11 is 0. The molecule has 1 aliphatic carbocycles. The molecule has 2 rings (SSSR count). The lowest BCUT2D eigenvalue weighted by atomic mass is 9.84. The van der Waals surface area contributed by atoms with Crippen LogP contribution in [0.5, 0.6) is 5.75 Å². The van der Waals surface area contributed by atoms with Gasteiger partial charge in [0.1, 0.15) is 12.4 Å². The van der Waals surface area contributed by atoms with E-state index in [0.29, 0.717) is 12.5 Å². The Hall–Kier alpha value is -1.02. The predicted molar refractivity (Wildman–Crippen MR) is 80.7 cm³/mol. The van der Waals surface area contributed by atoms with Crippen molar-refractivity contribution in [3.05, 3.63) is 28.8 Å². The highest BCUT2D eigenvalue weighted by atomic mass is 16.5. The van der Waals surface area contributed by atoms with Crippen molar-refractivity contribution >= 4 is 0 Å². The Morgan fingerprint density at radius 1 is 1.16 bits per heavy atom. The van der Waals surface area contributed by atoms with E-state index in [9.17, 15) is 0 Å². The van der Waals surface area contributed by atoms with E-state index in [4.69, 9.17) is 10.5 Å². The third-order valence-corrected chi connectivity index (χ3v) is 4.45. The van der Waals surface area contributed by atoms with Gasteiger partial charge in [0.25, 0.3) is 0 Å². The van der Waals surface area contributed by atoms with E-state index in [1.54, 1.807) is 0 Å². The van der Waals surface area contributed by atoms with E-state index < -0.39 is 0 Å². The molecule has 0 aliphatic heterocycles. The van der Waals surface area contributed by atoms with Crippen molar-refractivity contribution < 1.29 is 4.74 Å². The third kappa shape index (κ3) is 3.73. The van der Waals surface area contributed by atoms with Gasteiger partial charge in [0.05, 0.1) is 0 Å². The van der Waals surface area contributed by atoms with Crippen molar-refractivity contribution in [2.24, 2.45) is 11.7 Å². The maximum atomic E-state index is 6.30. The highest BCUT2D eigenvalue weighted by Gasteiger charge is 2.21. The molecular weight excluding hydrogens is 234 g/mol. The summed E-state index contributed by atoms with van der Waals surface area (Å²) in [5.41, 5.74) is 10.1. The fourth-order valence-electron chi connectivity index (χ4n) is 3.04. The van der Waals surface area contributed by atoms with Crippen molar-refractivity contribution in [2.45, 2.75) is 58.9 Å². The van der Waals surface area contributed by atoms with Gasteiger partial charge in [0.2, 0.25) is 0 Å². The number of aryl methyl sites for hydroxylation is 2. The number of rotatable bonds is 4. The molecule has 1 aromatic rings. The zero-order chi connectivity index (χ0) is 13.8. The smallest absolute Gasteiger partial charge is 0.122 e. The minimum atomic E-state index is 0.181.